The molecule has 0 radical (unpaired) electrons. The molecule has 1 heterocycles. The molecule has 1 aromatic rings. The van der Waals surface area contributed by atoms with E-state index in [9.17, 15) is 4.39 Å². The van der Waals surface area contributed by atoms with E-state index in [0.717, 1.165) is 44.7 Å². The van der Waals surface area contributed by atoms with Crippen LogP contribution >= 0.6 is 0 Å². The van der Waals surface area contributed by atoms with E-state index < -0.39 is 6.17 Å². The number of rotatable bonds is 4. The summed E-state index contributed by atoms with van der Waals surface area (Å²) < 4.78 is 13.2. The lowest BCUT2D eigenvalue weighted by molar-refractivity contribution is 0.244. The van der Waals surface area contributed by atoms with Crippen molar-refractivity contribution >= 4 is 0 Å². The fraction of sp³-hybridized carbons (Fsp3) is 0.571. The minimum absolute atomic E-state index is 0.794. The molecule has 2 rings (SSSR count). The molecule has 1 N–H and O–H groups in total. The number of nitrogens with zero attached hydrogens (tertiary/aromatic N) is 1. The number of benzene rings is 1. The van der Waals surface area contributed by atoms with Gasteiger partial charge in [-0.3, -0.25) is 0 Å². The Balaban J connectivity index is 1.87. The first-order valence-corrected chi connectivity index (χ1v) is 6.41. The number of hydrogen-bond acceptors (Lipinski definition) is 2. The highest BCUT2D eigenvalue weighted by Gasteiger charge is 2.09. The predicted molar refractivity (Wildman–Crippen MR) is 69.0 cm³/mol. The van der Waals surface area contributed by atoms with Gasteiger partial charge in [-0.1, -0.05) is 24.3 Å². The molecule has 94 valence electrons. The van der Waals surface area contributed by atoms with Gasteiger partial charge in [0.1, 0.15) is 6.17 Å². The first kappa shape index (κ1) is 12.5. The maximum absolute atomic E-state index is 13.2. The van der Waals surface area contributed by atoms with Gasteiger partial charge in [-0.15, -0.1) is 0 Å². The number of piperazine rings is 1. The topological polar surface area (TPSA) is 15.3 Å². The van der Waals surface area contributed by atoms with Crippen LogP contribution in [0.25, 0.3) is 0 Å². The van der Waals surface area contributed by atoms with Gasteiger partial charge in [-0.05, 0) is 24.5 Å². The van der Waals surface area contributed by atoms with Crippen LogP contribution in [-0.2, 0) is 6.42 Å². The molecule has 1 aromatic carbocycles. The smallest absolute Gasteiger partial charge is 0.122 e. The van der Waals surface area contributed by atoms with Gasteiger partial charge < -0.3 is 10.2 Å². The zero-order valence-corrected chi connectivity index (χ0v) is 10.5. The third kappa shape index (κ3) is 3.79. The van der Waals surface area contributed by atoms with E-state index in [1.807, 2.05) is 18.2 Å². The van der Waals surface area contributed by atoms with Crippen LogP contribution in [0, 0.1) is 0 Å². The zero-order chi connectivity index (χ0) is 12.1. The molecule has 0 saturated carbocycles. The molecule has 0 spiro atoms. The van der Waals surface area contributed by atoms with Crippen molar-refractivity contribution in [2.24, 2.45) is 0 Å². The van der Waals surface area contributed by atoms with Gasteiger partial charge in [0, 0.05) is 32.7 Å². The van der Waals surface area contributed by atoms with Crippen molar-refractivity contribution in [3.05, 3.63) is 35.4 Å². The molecule has 1 saturated heterocycles. The Hall–Kier alpha value is -0.930. The summed E-state index contributed by atoms with van der Waals surface area (Å²) in [5.41, 5.74) is 2.04. The van der Waals surface area contributed by atoms with Crippen LogP contribution in [0.5, 0.6) is 0 Å². The van der Waals surface area contributed by atoms with Crippen molar-refractivity contribution in [2.75, 3.05) is 32.7 Å². The van der Waals surface area contributed by atoms with Crippen LogP contribution in [0.15, 0.2) is 24.3 Å². The van der Waals surface area contributed by atoms with Gasteiger partial charge in [0.25, 0.3) is 0 Å². The summed E-state index contributed by atoms with van der Waals surface area (Å²) in [5.74, 6) is 0. The number of alkyl halides is 1. The summed E-state index contributed by atoms with van der Waals surface area (Å²) in [4.78, 5) is 2.46. The highest BCUT2D eigenvalue weighted by atomic mass is 19.1. The lowest BCUT2D eigenvalue weighted by Crippen LogP contribution is -2.44. The molecular weight excluding hydrogens is 215 g/mol. The molecule has 1 atom stereocenters. The summed E-state index contributed by atoms with van der Waals surface area (Å²) in [6.45, 7) is 7.09. The molecule has 1 aliphatic rings. The Morgan fingerprint density at radius 2 is 2.12 bits per heavy atom. The molecule has 1 fully saturated rings. The molecule has 0 aliphatic carbocycles. The molecule has 1 aliphatic heterocycles. The Labute approximate surface area is 103 Å². The van der Waals surface area contributed by atoms with Gasteiger partial charge in [0.15, 0.2) is 0 Å². The summed E-state index contributed by atoms with van der Waals surface area (Å²) in [7, 11) is 0. The minimum atomic E-state index is -0.867. The van der Waals surface area contributed by atoms with E-state index in [1.54, 1.807) is 6.92 Å². The number of halogens is 1. The van der Waals surface area contributed by atoms with Crippen LogP contribution in [0.2, 0.25) is 0 Å². The highest BCUT2D eigenvalue weighted by Crippen LogP contribution is 2.17. The minimum Gasteiger partial charge on any atom is -0.314 e. The maximum Gasteiger partial charge on any atom is 0.122 e. The molecule has 17 heavy (non-hydrogen) atoms. The Kier molecular flexibility index (Phi) is 4.51. The number of hydrogen-bond donors (Lipinski definition) is 1. The van der Waals surface area contributed by atoms with Crippen molar-refractivity contribution in [3.63, 3.8) is 0 Å². The average molecular weight is 236 g/mol. The molecule has 0 bridgehead atoms. The first-order chi connectivity index (χ1) is 8.25. The van der Waals surface area contributed by atoms with E-state index in [-0.39, 0.29) is 0 Å². The van der Waals surface area contributed by atoms with Gasteiger partial charge in [0.2, 0.25) is 0 Å². The second-order valence-corrected chi connectivity index (χ2v) is 4.70. The van der Waals surface area contributed by atoms with Crippen LogP contribution in [-0.4, -0.2) is 37.6 Å². The maximum atomic E-state index is 13.2. The van der Waals surface area contributed by atoms with E-state index >= 15 is 0 Å². The predicted octanol–water partition coefficient (Wildman–Crippen LogP) is 2.16. The van der Waals surface area contributed by atoms with Crippen LogP contribution < -0.4 is 5.32 Å². The van der Waals surface area contributed by atoms with Gasteiger partial charge in [-0.25, -0.2) is 4.39 Å². The normalized spacial score (nSPS) is 19.2. The molecule has 1 unspecified atom stereocenters. The summed E-state index contributed by atoms with van der Waals surface area (Å²) in [5, 5.41) is 3.35. The van der Waals surface area contributed by atoms with Crippen molar-refractivity contribution < 1.29 is 4.39 Å². The van der Waals surface area contributed by atoms with E-state index in [2.05, 4.69) is 16.3 Å². The Morgan fingerprint density at radius 3 is 2.82 bits per heavy atom. The molecule has 3 heteroatoms. The van der Waals surface area contributed by atoms with Crippen molar-refractivity contribution in [1.82, 2.24) is 10.2 Å². The van der Waals surface area contributed by atoms with E-state index in [4.69, 9.17) is 0 Å². The third-order valence-corrected chi connectivity index (χ3v) is 3.34. The SMILES string of the molecule is CC(F)c1cccc(CCN2CCNCC2)c1. The lowest BCUT2D eigenvalue weighted by Gasteiger charge is -2.27. The van der Waals surface area contributed by atoms with Gasteiger partial charge in [0.05, 0.1) is 0 Å². The number of nitrogens with one attached hydrogen (secondary N) is 1. The molecule has 0 aromatic heterocycles. The van der Waals surface area contributed by atoms with Gasteiger partial charge in [-0.2, -0.15) is 0 Å². The van der Waals surface area contributed by atoms with Crippen molar-refractivity contribution in [3.8, 4) is 0 Å². The fourth-order valence-electron chi connectivity index (χ4n) is 2.22. The summed E-state index contributed by atoms with van der Waals surface area (Å²) >= 11 is 0. The first-order valence-electron chi connectivity index (χ1n) is 6.41. The highest BCUT2D eigenvalue weighted by molar-refractivity contribution is 5.25. The molecular formula is C14H21FN2. The lowest BCUT2D eigenvalue weighted by atomic mass is 10.1. The van der Waals surface area contributed by atoms with Crippen molar-refractivity contribution in [2.45, 2.75) is 19.5 Å². The second-order valence-electron chi connectivity index (χ2n) is 4.70. The average Bonchev–Trinajstić information content (AvgIpc) is 2.38. The largest absolute Gasteiger partial charge is 0.314 e. The van der Waals surface area contributed by atoms with Crippen LogP contribution in [0.3, 0.4) is 0 Å². The molecule has 0 amide bonds. The van der Waals surface area contributed by atoms with E-state index in [0.29, 0.717) is 0 Å². The van der Waals surface area contributed by atoms with Crippen LogP contribution in [0.4, 0.5) is 4.39 Å². The quantitative estimate of drug-likeness (QED) is 0.862. The van der Waals surface area contributed by atoms with Gasteiger partial charge >= 0.3 is 0 Å². The third-order valence-electron chi connectivity index (χ3n) is 3.34. The standard InChI is InChI=1S/C14H21FN2/c1-12(15)14-4-2-3-13(11-14)5-8-17-9-6-16-7-10-17/h2-4,11-12,16H,5-10H2,1H3. The Morgan fingerprint density at radius 1 is 1.35 bits per heavy atom. The fourth-order valence-corrected chi connectivity index (χ4v) is 2.22. The Bertz CT molecular complexity index is 346. The van der Waals surface area contributed by atoms with Crippen molar-refractivity contribution in [1.29, 1.82) is 0 Å². The van der Waals surface area contributed by atoms with Crippen LogP contribution in [0.1, 0.15) is 24.2 Å². The molecule has 2 nitrogen and oxygen atoms in total. The van der Waals surface area contributed by atoms with E-state index in [1.165, 1.54) is 5.56 Å². The summed E-state index contributed by atoms with van der Waals surface area (Å²) in [6, 6.07) is 7.90. The zero-order valence-electron chi connectivity index (χ0n) is 10.5. The monoisotopic (exact) mass is 236 g/mol. The second kappa shape index (κ2) is 6.12. The summed E-state index contributed by atoms with van der Waals surface area (Å²) in [6.07, 6.45) is 0.148.